The van der Waals surface area contributed by atoms with Gasteiger partial charge in [-0.1, -0.05) is 48.5 Å². The number of aryl methyl sites for hydroxylation is 2. The van der Waals surface area contributed by atoms with Gasteiger partial charge < -0.3 is 4.90 Å². The van der Waals surface area contributed by atoms with Crippen LogP contribution < -0.4 is 4.90 Å². The zero-order valence-electron chi connectivity index (χ0n) is 16.6. The van der Waals surface area contributed by atoms with E-state index in [1.165, 1.54) is 16.7 Å². The number of fused-ring (bicyclic) bond motifs is 2. The minimum atomic E-state index is 0.0404. The number of carbonyl (C=O) groups is 1. The molecular weight excluding hydrogens is 356 g/mol. The number of hydrogen-bond acceptors (Lipinski definition) is 2. The molecule has 142 valence electrons. The van der Waals surface area contributed by atoms with Crippen molar-refractivity contribution in [2.75, 3.05) is 11.4 Å². The SMILES string of the molecule is Cc1ccc(-c2cc(C(=O)N3CCc4ccccc43)c3ccccc3n2)cc1C. The van der Waals surface area contributed by atoms with Gasteiger partial charge in [0.15, 0.2) is 0 Å². The first-order chi connectivity index (χ1) is 14.1. The van der Waals surface area contributed by atoms with Gasteiger partial charge in [-0.3, -0.25) is 4.79 Å². The van der Waals surface area contributed by atoms with Crippen molar-refractivity contribution in [3.63, 3.8) is 0 Å². The first-order valence-electron chi connectivity index (χ1n) is 9.99. The summed E-state index contributed by atoms with van der Waals surface area (Å²) < 4.78 is 0. The van der Waals surface area contributed by atoms with Gasteiger partial charge in [0, 0.05) is 23.2 Å². The van der Waals surface area contributed by atoms with Crippen LogP contribution in [0.3, 0.4) is 0 Å². The van der Waals surface area contributed by atoms with Gasteiger partial charge in [0.2, 0.25) is 0 Å². The molecule has 1 aliphatic heterocycles. The highest BCUT2D eigenvalue weighted by Gasteiger charge is 2.27. The smallest absolute Gasteiger partial charge is 0.259 e. The van der Waals surface area contributed by atoms with Crippen molar-refractivity contribution in [3.8, 4) is 11.3 Å². The van der Waals surface area contributed by atoms with Crippen LogP contribution in [0, 0.1) is 13.8 Å². The number of para-hydroxylation sites is 2. The first kappa shape index (κ1) is 17.6. The summed E-state index contributed by atoms with van der Waals surface area (Å²) in [6.45, 7) is 4.92. The molecule has 0 saturated carbocycles. The minimum Gasteiger partial charge on any atom is -0.308 e. The van der Waals surface area contributed by atoms with E-state index >= 15 is 0 Å². The summed E-state index contributed by atoms with van der Waals surface area (Å²) in [5, 5.41) is 0.898. The maximum absolute atomic E-state index is 13.6. The largest absolute Gasteiger partial charge is 0.308 e. The van der Waals surface area contributed by atoms with Crippen molar-refractivity contribution in [2.45, 2.75) is 20.3 Å². The fourth-order valence-corrected chi connectivity index (χ4v) is 4.10. The molecule has 0 fully saturated rings. The van der Waals surface area contributed by atoms with Gasteiger partial charge in [-0.25, -0.2) is 4.98 Å². The van der Waals surface area contributed by atoms with E-state index in [4.69, 9.17) is 4.98 Å². The molecule has 29 heavy (non-hydrogen) atoms. The number of pyridine rings is 1. The van der Waals surface area contributed by atoms with Crippen LogP contribution in [0.4, 0.5) is 5.69 Å². The second kappa shape index (κ2) is 6.85. The molecule has 0 atom stereocenters. The lowest BCUT2D eigenvalue weighted by atomic mass is 10.0. The molecule has 1 aromatic heterocycles. The first-order valence-corrected chi connectivity index (χ1v) is 9.99. The Morgan fingerprint density at radius 1 is 0.897 bits per heavy atom. The predicted molar refractivity (Wildman–Crippen MR) is 118 cm³/mol. The van der Waals surface area contributed by atoms with Crippen molar-refractivity contribution in [3.05, 3.63) is 95.1 Å². The number of benzene rings is 3. The lowest BCUT2D eigenvalue weighted by Crippen LogP contribution is -2.29. The molecular formula is C26H22N2O. The third kappa shape index (κ3) is 2.99. The molecule has 5 rings (SSSR count). The maximum Gasteiger partial charge on any atom is 0.259 e. The molecule has 3 nitrogen and oxygen atoms in total. The van der Waals surface area contributed by atoms with Crippen molar-refractivity contribution in [1.29, 1.82) is 0 Å². The van der Waals surface area contributed by atoms with Crippen molar-refractivity contribution < 1.29 is 4.79 Å². The van der Waals surface area contributed by atoms with E-state index in [1.54, 1.807) is 0 Å². The zero-order valence-corrected chi connectivity index (χ0v) is 16.6. The van der Waals surface area contributed by atoms with Crippen LogP contribution in [-0.4, -0.2) is 17.4 Å². The quantitative estimate of drug-likeness (QED) is 0.447. The summed E-state index contributed by atoms with van der Waals surface area (Å²) in [6.07, 6.45) is 0.898. The molecule has 4 aromatic rings. The van der Waals surface area contributed by atoms with Crippen LogP contribution in [0.1, 0.15) is 27.0 Å². The minimum absolute atomic E-state index is 0.0404. The van der Waals surface area contributed by atoms with Crippen LogP contribution in [0.2, 0.25) is 0 Å². The number of aromatic nitrogens is 1. The zero-order chi connectivity index (χ0) is 20.0. The van der Waals surface area contributed by atoms with E-state index in [-0.39, 0.29) is 5.91 Å². The van der Waals surface area contributed by atoms with Crippen molar-refractivity contribution in [1.82, 2.24) is 4.98 Å². The molecule has 0 spiro atoms. The highest BCUT2D eigenvalue weighted by molar-refractivity contribution is 6.15. The highest BCUT2D eigenvalue weighted by atomic mass is 16.2. The number of anilines is 1. The Balaban J connectivity index is 1.67. The lowest BCUT2D eigenvalue weighted by Gasteiger charge is -2.19. The van der Waals surface area contributed by atoms with Crippen molar-refractivity contribution in [2.24, 2.45) is 0 Å². The van der Waals surface area contributed by atoms with Crippen LogP contribution in [0.5, 0.6) is 0 Å². The molecule has 1 amide bonds. The fourth-order valence-electron chi connectivity index (χ4n) is 4.10. The normalized spacial score (nSPS) is 13.0. The Kier molecular flexibility index (Phi) is 4.17. The van der Waals surface area contributed by atoms with E-state index in [0.717, 1.165) is 34.3 Å². The summed E-state index contributed by atoms with van der Waals surface area (Å²) in [5.41, 5.74) is 8.15. The third-order valence-corrected chi connectivity index (χ3v) is 5.88. The Labute approximate surface area is 170 Å². The summed E-state index contributed by atoms with van der Waals surface area (Å²) in [5.74, 6) is 0.0404. The molecule has 0 bridgehead atoms. The van der Waals surface area contributed by atoms with Gasteiger partial charge >= 0.3 is 0 Å². The summed E-state index contributed by atoms with van der Waals surface area (Å²) in [4.78, 5) is 20.4. The van der Waals surface area contributed by atoms with Gasteiger partial charge in [-0.15, -0.1) is 0 Å². The monoisotopic (exact) mass is 378 g/mol. The number of amides is 1. The van der Waals surface area contributed by atoms with Gasteiger partial charge in [-0.05, 0) is 61.2 Å². The third-order valence-electron chi connectivity index (χ3n) is 5.88. The maximum atomic E-state index is 13.6. The second-order valence-electron chi connectivity index (χ2n) is 7.71. The Hall–Kier alpha value is -3.46. The molecule has 0 saturated heterocycles. The highest BCUT2D eigenvalue weighted by Crippen LogP contribution is 2.32. The van der Waals surface area contributed by atoms with E-state index in [0.29, 0.717) is 12.1 Å². The van der Waals surface area contributed by atoms with Gasteiger partial charge in [-0.2, -0.15) is 0 Å². The average molecular weight is 378 g/mol. The van der Waals surface area contributed by atoms with E-state index < -0.39 is 0 Å². The summed E-state index contributed by atoms with van der Waals surface area (Å²) >= 11 is 0. The van der Waals surface area contributed by atoms with Gasteiger partial charge in [0.1, 0.15) is 0 Å². The predicted octanol–water partition coefficient (Wildman–Crippen LogP) is 5.72. The van der Waals surface area contributed by atoms with Crippen LogP contribution in [0.15, 0.2) is 72.8 Å². The van der Waals surface area contributed by atoms with E-state index in [2.05, 4.69) is 38.1 Å². The molecule has 0 N–H and O–H groups in total. The molecule has 0 radical (unpaired) electrons. The number of hydrogen-bond donors (Lipinski definition) is 0. The van der Waals surface area contributed by atoms with Gasteiger partial charge in [0.05, 0.1) is 16.8 Å². The fraction of sp³-hybridized carbons (Fsp3) is 0.154. The van der Waals surface area contributed by atoms with E-state index in [1.807, 2.05) is 53.4 Å². The molecule has 1 aliphatic rings. The summed E-state index contributed by atoms with van der Waals surface area (Å²) in [7, 11) is 0. The number of nitrogens with zero attached hydrogens (tertiary/aromatic N) is 2. The molecule has 0 aliphatic carbocycles. The van der Waals surface area contributed by atoms with Crippen molar-refractivity contribution >= 4 is 22.5 Å². The topological polar surface area (TPSA) is 33.2 Å². The second-order valence-corrected chi connectivity index (χ2v) is 7.71. The van der Waals surface area contributed by atoms with Crippen LogP contribution >= 0.6 is 0 Å². The average Bonchev–Trinajstić information content (AvgIpc) is 3.18. The van der Waals surface area contributed by atoms with Gasteiger partial charge in [0.25, 0.3) is 5.91 Å². The van der Waals surface area contributed by atoms with Crippen LogP contribution in [0.25, 0.3) is 22.2 Å². The molecule has 2 heterocycles. The molecule has 3 heteroatoms. The molecule has 3 aromatic carbocycles. The Morgan fingerprint density at radius 2 is 1.69 bits per heavy atom. The van der Waals surface area contributed by atoms with Crippen LogP contribution in [-0.2, 0) is 6.42 Å². The Morgan fingerprint density at radius 3 is 2.55 bits per heavy atom. The Bertz CT molecular complexity index is 1260. The molecule has 0 unspecified atom stereocenters. The summed E-state index contributed by atoms with van der Waals surface area (Å²) in [6, 6.07) is 24.4. The standard InChI is InChI=1S/C26H22N2O/c1-17-11-12-20(15-18(17)2)24-16-22(21-8-4-5-9-23(21)27-24)26(29)28-14-13-19-7-3-6-10-25(19)28/h3-12,15-16H,13-14H2,1-2H3. The number of carbonyl (C=O) groups excluding carboxylic acids is 1. The lowest BCUT2D eigenvalue weighted by molar-refractivity contribution is 0.0991. The number of rotatable bonds is 2. The van der Waals surface area contributed by atoms with E-state index in [9.17, 15) is 4.79 Å².